The Bertz CT molecular complexity index is 598. The first-order chi connectivity index (χ1) is 12.0. The molecule has 2 saturated heterocycles. The highest BCUT2D eigenvalue weighted by Crippen LogP contribution is 2.43. The summed E-state index contributed by atoms with van der Waals surface area (Å²) in [5.41, 5.74) is 1.10. The van der Waals surface area contributed by atoms with Gasteiger partial charge in [0.25, 0.3) is 0 Å². The Labute approximate surface area is 150 Å². The van der Waals surface area contributed by atoms with E-state index in [0.717, 1.165) is 44.6 Å². The second kappa shape index (κ2) is 7.83. The van der Waals surface area contributed by atoms with Crippen LogP contribution in [0.3, 0.4) is 0 Å². The van der Waals surface area contributed by atoms with Gasteiger partial charge in [0.15, 0.2) is 0 Å². The van der Waals surface area contributed by atoms with Gasteiger partial charge in [-0.15, -0.1) is 0 Å². The van der Waals surface area contributed by atoms with E-state index in [0.29, 0.717) is 12.0 Å². The molecule has 1 spiro atoms. The third kappa shape index (κ3) is 4.39. The highest BCUT2D eigenvalue weighted by molar-refractivity contribution is 5.82. The van der Waals surface area contributed by atoms with Gasteiger partial charge >= 0.3 is 0 Å². The van der Waals surface area contributed by atoms with Crippen molar-refractivity contribution in [1.82, 2.24) is 15.1 Å². The number of piperidine rings is 1. The molecule has 2 fully saturated rings. The van der Waals surface area contributed by atoms with Crippen molar-refractivity contribution < 1.29 is 9.18 Å². The van der Waals surface area contributed by atoms with Crippen LogP contribution in [0.1, 0.15) is 38.2 Å². The number of carbonyl (C=O) groups excluding carboxylic acids is 1. The van der Waals surface area contributed by atoms with E-state index in [2.05, 4.69) is 29.1 Å². The average Bonchev–Trinajstić information content (AvgIpc) is 2.95. The molecule has 2 aliphatic heterocycles. The molecule has 5 heteroatoms. The average molecular weight is 347 g/mol. The predicted octanol–water partition coefficient (Wildman–Crippen LogP) is 2.64. The minimum absolute atomic E-state index is 0.0445. The number of hydrogen-bond acceptors (Lipinski definition) is 3. The number of halogens is 1. The first-order valence-corrected chi connectivity index (χ1v) is 9.46. The van der Waals surface area contributed by atoms with Crippen LogP contribution < -0.4 is 5.32 Å². The number of rotatable bonds is 5. The van der Waals surface area contributed by atoms with Gasteiger partial charge in [0.05, 0.1) is 6.04 Å². The second-order valence-electron chi connectivity index (χ2n) is 7.84. The molecule has 2 aliphatic rings. The standard InChI is InChI=1S/C20H30FN3O/c1-3-9-24-15-20(7-10-23(2)11-8-20)13-18(24)19(25)22-14-16-5-4-6-17(21)12-16/h4-6,12,18H,3,7-11,13-15H2,1-2H3,(H,22,25)/t18-/m0/s1. The van der Waals surface area contributed by atoms with E-state index in [-0.39, 0.29) is 17.8 Å². The zero-order chi connectivity index (χ0) is 17.9. The van der Waals surface area contributed by atoms with Gasteiger partial charge in [0, 0.05) is 13.1 Å². The van der Waals surface area contributed by atoms with Gasteiger partial charge in [-0.25, -0.2) is 4.39 Å². The van der Waals surface area contributed by atoms with Crippen LogP contribution >= 0.6 is 0 Å². The smallest absolute Gasteiger partial charge is 0.237 e. The zero-order valence-corrected chi connectivity index (χ0v) is 15.4. The summed E-state index contributed by atoms with van der Waals surface area (Å²) in [6, 6.07) is 6.40. The van der Waals surface area contributed by atoms with Crippen molar-refractivity contribution in [1.29, 1.82) is 0 Å². The number of carbonyl (C=O) groups is 1. The Morgan fingerprint density at radius 1 is 1.36 bits per heavy atom. The lowest BCUT2D eigenvalue weighted by molar-refractivity contribution is -0.125. The molecule has 25 heavy (non-hydrogen) atoms. The maximum atomic E-state index is 13.3. The molecule has 1 amide bonds. The fourth-order valence-electron chi connectivity index (χ4n) is 4.33. The molecule has 3 rings (SSSR count). The van der Waals surface area contributed by atoms with E-state index in [4.69, 9.17) is 0 Å². The van der Waals surface area contributed by atoms with Crippen molar-refractivity contribution in [3.05, 3.63) is 35.6 Å². The molecule has 138 valence electrons. The summed E-state index contributed by atoms with van der Waals surface area (Å²) in [6.45, 7) is 6.81. The van der Waals surface area contributed by atoms with Crippen molar-refractivity contribution in [2.45, 2.75) is 45.2 Å². The fraction of sp³-hybridized carbons (Fsp3) is 0.650. The fourth-order valence-corrected chi connectivity index (χ4v) is 4.33. The molecule has 4 nitrogen and oxygen atoms in total. The molecule has 1 aromatic rings. The minimum Gasteiger partial charge on any atom is -0.351 e. The summed E-state index contributed by atoms with van der Waals surface area (Å²) in [5, 5.41) is 3.03. The van der Waals surface area contributed by atoms with E-state index < -0.39 is 0 Å². The Morgan fingerprint density at radius 3 is 2.80 bits per heavy atom. The molecule has 0 aliphatic carbocycles. The van der Waals surface area contributed by atoms with E-state index in [1.165, 1.54) is 25.0 Å². The predicted molar refractivity (Wildman–Crippen MR) is 97.7 cm³/mol. The van der Waals surface area contributed by atoms with Crippen LogP contribution in [0.25, 0.3) is 0 Å². The third-order valence-corrected chi connectivity index (χ3v) is 5.82. The summed E-state index contributed by atoms with van der Waals surface area (Å²) < 4.78 is 13.3. The molecule has 0 aromatic heterocycles. The molecule has 0 bridgehead atoms. The van der Waals surface area contributed by atoms with Gasteiger partial charge in [-0.05, 0) is 75.5 Å². The van der Waals surface area contributed by atoms with Gasteiger partial charge < -0.3 is 10.2 Å². The van der Waals surface area contributed by atoms with Crippen molar-refractivity contribution >= 4 is 5.91 Å². The second-order valence-corrected chi connectivity index (χ2v) is 7.84. The monoisotopic (exact) mass is 347 g/mol. The SMILES string of the molecule is CCCN1CC2(CCN(C)CC2)C[C@H]1C(=O)NCc1cccc(F)c1. The van der Waals surface area contributed by atoms with E-state index in [9.17, 15) is 9.18 Å². The quantitative estimate of drug-likeness (QED) is 0.889. The molecule has 2 heterocycles. The van der Waals surface area contributed by atoms with Gasteiger partial charge in [-0.2, -0.15) is 0 Å². The molecule has 1 aromatic carbocycles. The van der Waals surface area contributed by atoms with Crippen LogP contribution in [0.4, 0.5) is 4.39 Å². The van der Waals surface area contributed by atoms with Crippen molar-refractivity contribution in [3.63, 3.8) is 0 Å². The lowest BCUT2D eigenvalue weighted by Crippen LogP contribution is -2.43. The number of benzene rings is 1. The first kappa shape index (κ1) is 18.3. The highest BCUT2D eigenvalue weighted by atomic mass is 19.1. The van der Waals surface area contributed by atoms with E-state index in [1.54, 1.807) is 6.07 Å². The molecule has 0 unspecified atom stereocenters. The van der Waals surface area contributed by atoms with Crippen LogP contribution in [-0.2, 0) is 11.3 Å². The van der Waals surface area contributed by atoms with Gasteiger partial charge in [-0.3, -0.25) is 9.69 Å². The lowest BCUT2D eigenvalue weighted by atomic mass is 9.76. The lowest BCUT2D eigenvalue weighted by Gasteiger charge is -2.37. The van der Waals surface area contributed by atoms with Crippen LogP contribution in [0.2, 0.25) is 0 Å². The maximum absolute atomic E-state index is 13.3. The third-order valence-electron chi connectivity index (χ3n) is 5.82. The highest BCUT2D eigenvalue weighted by Gasteiger charge is 2.47. The number of hydrogen-bond donors (Lipinski definition) is 1. The molecule has 1 N–H and O–H groups in total. The number of likely N-dealkylation sites (tertiary alicyclic amines) is 2. The number of nitrogens with one attached hydrogen (secondary N) is 1. The molecular weight excluding hydrogens is 317 g/mol. The first-order valence-electron chi connectivity index (χ1n) is 9.46. The summed E-state index contributed by atoms with van der Waals surface area (Å²) >= 11 is 0. The maximum Gasteiger partial charge on any atom is 0.237 e. The van der Waals surface area contributed by atoms with E-state index >= 15 is 0 Å². The number of amides is 1. The van der Waals surface area contributed by atoms with Gasteiger partial charge in [0.2, 0.25) is 5.91 Å². The minimum atomic E-state index is -0.259. The molecule has 1 atom stereocenters. The Morgan fingerprint density at radius 2 is 2.12 bits per heavy atom. The molecule has 0 saturated carbocycles. The summed E-state index contributed by atoms with van der Waals surface area (Å²) in [5.74, 6) is -0.168. The van der Waals surface area contributed by atoms with Gasteiger partial charge in [0.1, 0.15) is 5.82 Å². The van der Waals surface area contributed by atoms with Gasteiger partial charge in [-0.1, -0.05) is 19.1 Å². The van der Waals surface area contributed by atoms with Crippen molar-refractivity contribution in [2.24, 2.45) is 5.41 Å². The molecular formula is C20H30FN3O. The Kier molecular flexibility index (Phi) is 5.74. The van der Waals surface area contributed by atoms with Crippen molar-refractivity contribution in [3.8, 4) is 0 Å². The topological polar surface area (TPSA) is 35.6 Å². The molecule has 0 radical (unpaired) electrons. The summed E-state index contributed by atoms with van der Waals surface area (Å²) in [7, 11) is 2.18. The number of nitrogens with zero attached hydrogens (tertiary/aromatic N) is 2. The van der Waals surface area contributed by atoms with Crippen LogP contribution in [0.5, 0.6) is 0 Å². The largest absolute Gasteiger partial charge is 0.351 e. The van der Waals surface area contributed by atoms with Crippen molar-refractivity contribution in [2.75, 3.05) is 33.2 Å². The van der Waals surface area contributed by atoms with Crippen LogP contribution in [-0.4, -0.2) is 55.0 Å². The summed E-state index contributed by atoms with van der Waals surface area (Å²) in [6.07, 6.45) is 4.37. The normalized spacial score (nSPS) is 23.9. The Balaban J connectivity index is 1.63. The van der Waals surface area contributed by atoms with E-state index in [1.807, 2.05) is 6.07 Å². The zero-order valence-electron chi connectivity index (χ0n) is 15.4. The summed E-state index contributed by atoms with van der Waals surface area (Å²) in [4.78, 5) is 17.6. The Hall–Kier alpha value is -1.46. The van der Waals surface area contributed by atoms with Crippen LogP contribution in [0, 0.1) is 11.2 Å². The van der Waals surface area contributed by atoms with Crippen LogP contribution in [0.15, 0.2) is 24.3 Å².